The van der Waals surface area contributed by atoms with Gasteiger partial charge in [-0.1, -0.05) is 11.8 Å². The SMILES string of the molecule is CC(O)(C#Cc1ccc(C(=N)C(=O)N2CC3(COC3)C2)c(Nc2ccnc(N)n2)c1)c1ncccn1. The van der Waals surface area contributed by atoms with Crippen LogP contribution in [0.4, 0.5) is 17.5 Å². The average molecular weight is 485 g/mol. The van der Waals surface area contributed by atoms with Gasteiger partial charge in [-0.25, -0.2) is 15.0 Å². The van der Waals surface area contributed by atoms with Crippen LogP contribution >= 0.6 is 0 Å². The minimum atomic E-state index is -1.57. The molecular weight excluding hydrogens is 460 g/mol. The predicted molar refractivity (Wildman–Crippen MR) is 131 cm³/mol. The van der Waals surface area contributed by atoms with Crippen molar-refractivity contribution >= 4 is 29.1 Å². The Morgan fingerprint density at radius 3 is 2.64 bits per heavy atom. The van der Waals surface area contributed by atoms with Gasteiger partial charge < -0.3 is 25.8 Å². The molecule has 0 aliphatic carbocycles. The van der Waals surface area contributed by atoms with Crippen molar-refractivity contribution in [2.75, 3.05) is 37.4 Å². The molecule has 3 aromatic rings. The predicted octanol–water partition coefficient (Wildman–Crippen LogP) is 1.08. The molecule has 0 bridgehead atoms. The number of nitrogens with two attached hydrogens (primary N) is 1. The van der Waals surface area contributed by atoms with Gasteiger partial charge in [0.1, 0.15) is 11.5 Å². The Morgan fingerprint density at radius 1 is 1.22 bits per heavy atom. The summed E-state index contributed by atoms with van der Waals surface area (Å²) in [5, 5.41) is 22.5. The normalized spacial score (nSPS) is 17.1. The summed E-state index contributed by atoms with van der Waals surface area (Å²) in [4.78, 5) is 30.9. The van der Waals surface area contributed by atoms with Crippen LogP contribution < -0.4 is 11.1 Å². The number of aromatic nitrogens is 4. The Balaban J connectivity index is 1.44. The molecule has 1 amide bonds. The van der Waals surface area contributed by atoms with Crippen molar-refractivity contribution < 1.29 is 14.6 Å². The van der Waals surface area contributed by atoms with E-state index in [2.05, 4.69) is 37.1 Å². The molecular formula is C25H24N8O3. The minimum absolute atomic E-state index is 0.0500. The Kier molecular flexibility index (Phi) is 5.83. The molecule has 2 aromatic heterocycles. The number of amides is 1. The fourth-order valence-electron chi connectivity index (χ4n) is 4.08. The number of rotatable bonds is 5. The van der Waals surface area contributed by atoms with Gasteiger partial charge >= 0.3 is 0 Å². The molecule has 0 saturated carbocycles. The molecule has 11 heteroatoms. The molecule has 182 valence electrons. The van der Waals surface area contributed by atoms with E-state index < -0.39 is 5.60 Å². The summed E-state index contributed by atoms with van der Waals surface area (Å²) >= 11 is 0. The van der Waals surface area contributed by atoms with Crippen LogP contribution in [-0.4, -0.2) is 67.9 Å². The van der Waals surface area contributed by atoms with E-state index >= 15 is 0 Å². The van der Waals surface area contributed by atoms with Crippen molar-refractivity contribution in [3.63, 3.8) is 0 Å². The first-order chi connectivity index (χ1) is 17.2. The standard InChI is InChI=1S/C25H24N8O3/c1-24(35,22-28-8-2-9-29-22)7-5-16-3-4-17(18(11-16)31-19-6-10-30-23(27)32-19)20(26)21(34)33-12-25(13-33)14-36-15-25/h2-4,6,8-11,26,35H,12-15H2,1H3,(H3,27,30,31,32). The van der Waals surface area contributed by atoms with Gasteiger partial charge in [0.15, 0.2) is 11.4 Å². The lowest BCUT2D eigenvalue weighted by Gasteiger charge is -2.54. The average Bonchev–Trinajstić information content (AvgIpc) is 2.81. The summed E-state index contributed by atoms with van der Waals surface area (Å²) < 4.78 is 5.27. The van der Waals surface area contributed by atoms with Crippen LogP contribution in [0.15, 0.2) is 48.9 Å². The van der Waals surface area contributed by atoms with Crippen molar-refractivity contribution in [2.45, 2.75) is 12.5 Å². The number of anilines is 3. The summed E-state index contributed by atoms with van der Waals surface area (Å²) in [6.45, 7) is 3.97. The third-order valence-electron chi connectivity index (χ3n) is 6.05. The number of aliphatic hydroxyl groups is 1. The van der Waals surface area contributed by atoms with Gasteiger partial charge in [0, 0.05) is 42.8 Å². The van der Waals surface area contributed by atoms with Gasteiger partial charge in [0.25, 0.3) is 5.91 Å². The lowest BCUT2D eigenvalue weighted by Crippen LogP contribution is -2.68. The van der Waals surface area contributed by atoms with Crippen molar-refractivity contribution in [2.24, 2.45) is 5.41 Å². The van der Waals surface area contributed by atoms with Crippen LogP contribution in [0.25, 0.3) is 0 Å². The molecule has 4 heterocycles. The van der Waals surface area contributed by atoms with Gasteiger partial charge in [-0.05, 0) is 37.3 Å². The van der Waals surface area contributed by atoms with Crippen LogP contribution in [-0.2, 0) is 15.1 Å². The number of ether oxygens (including phenoxy) is 1. The molecule has 1 unspecified atom stereocenters. The van der Waals surface area contributed by atoms with Gasteiger partial charge in [-0.2, -0.15) is 4.98 Å². The molecule has 2 fully saturated rings. The van der Waals surface area contributed by atoms with Crippen molar-refractivity contribution in [1.29, 1.82) is 5.41 Å². The summed E-state index contributed by atoms with van der Waals surface area (Å²) in [6.07, 6.45) is 4.56. The highest BCUT2D eigenvalue weighted by Gasteiger charge is 2.51. The van der Waals surface area contributed by atoms with E-state index in [1.54, 1.807) is 35.2 Å². The second-order valence-electron chi connectivity index (χ2n) is 9.11. The van der Waals surface area contributed by atoms with E-state index in [1.807, 2.05) is 0 Å². The zero-order valence-electron chi connectivity index (χ0n) is 19.5. The number of nitrogens with one attached hydrogen (secondary N) is 2. The number of carbonyl (C=O) groups is 1. The number of hydrogen-bond acceptors (Lipinski definition) is 10. The summed E-state index contributed by atoms with van der Waals surface area (Å²) in [5.41, 5.74) is 5.39. The molecule has 1 aromatic carbocycles. The van der Waals surface area contributed by atoms with E-state index in [9.17, 15) is 9.90 Å². The van der Waals surface area contributed by atoms with Gasteiger partial charge in [-0.15, -0.1) is 0 Å². The highest BCUT2D eigenvalue weighted by atomic mass is 16.5. The number of benzene rings is 1. The maximum Gasteiger partial charge on any atom is 0.272 e. The highest BCUT2D eigenvalue weighted by molar-refractivity contribution is 6.45. The fourth-order valence-corrected chi connectivity index (χ4v) is 4.08. The van der Waals surface area contributed by atoms with Crippen molar-refractivity contribution in [1.82, 2.24) is 24.8 Å². The van der Waals surface area contributed by atoms with Gasteiger partial charge in [-0.3, -0.25) is 10.2 Å². The Morgan fingerprint density at radius 2 is 1.97 bits per heavy atom. The van der Waals surface area contributed by atoms with Crippen LogP contribution in [0.5, 0.6) is 0 Å². The summed E-state index contributed by atoms with van der Waals surface area (Å²) in [5.74, 6) is 6.02. The molecule has 36 heavy (non-hydrogen) atoms. The fraction of sp³-hybridized carbons (Fsp3) is 0.280. The number of hydrogen-bond donors (Lipinski definition) is 4. The van der Waals surface area contributed by atoms with Crippen LogP contribution in [0.2, 0.25) is 0 Å². The van der Waals surface area contributed by atoms with E-state index in [-0.39, 0.29) is 28.8 Å². The lowest BCUT2D eigenvalue weighted by atomic mass is 9.77. The second kappa shape index (κ2) is 8.99. The van der Waals surface area contributed by atoms with E-state index in [0.29, 0.717) is 48.9 Å². The zero-order valence-corrected chi connectivity index (χ0v) is 19.5. The topological polar surface area (TPSA) is 163 Å². The molecule has 0 radical (unpaired) electrons. The molecule has 5 rings (SSSR count). The Hall–Kier alpha value is -4.40. The van der Waals surface area contributed by atoms with E-state index in [1.165, 1.54) is 25.5 Å². The molecule has 1 spiro atoms. The van der Waals surface area contributed by atoms with Crippen LogP contribution in [0.3, 0.4) is 0 Å². The largest absolute Gasteiger partial charge is 0.380 e. The summed E-state index contributed by atoms with van der Waals surface area (Å²) in [6, 6.07) is 8.29. The number of carbonyl (C=O) groups excluding carboxylic acids is 1. The molecule has 11 nitrogen and oxygen atoms in total. The number of likely N-dealkylation sites (tertiary alicyclic amines) is 1. The minimum Gasteiger partial charge on any atom is -0.380 e. The molecule has 2 saturated heterocycles. The first kappa shape index (κ1) is 23.3. The van der Waals surface area contributed by atoms with E-state index in [0.717, 1.165) is 0 Å². The highest BCUT2D eigenvalue weighted by Crippen LogP contribution is 2.38. The second-order valence-corrected chi connectivity index (χ2v) is 9.11. The quantitative estimate of drug-likeness (QED) is 0.306. The van der Waals surface area contributed by atoms with Crippen LogP contribution in [0.1, 0.15) is 23.9 Å². The van der Waals surface area contributed by atoms with Gasteiger partial charge in [0.2, 0.25) is 5.95 Å². The molecule has 2 aliphatic heterocycles. The smallest absolute Gasteiger partial charge is 0.272 e. The molecule has 2 aliphatic rings. The van der Waals surface area contributed by atoms with E-state index in [4.69, 9.17) is 15.9 Å². The number of nitrogen functional groups attached to an aromatic ring is 1. The maximum absolute atomic E-state index is 13.0. The molecule has 1 atom stereocenters. The Bertz CT molecular complexity index is 1390. The maximum atomic E-state index is 13.0. The summed E-state index contributed by atoms with van der Waals surface area (Å²) in [7, 11) is 0. The van der Waals surface area contributed by atoms with Crippen molar-refractivity contribution in [3.8, 4) is 11.8 Å². The Labute approximate surface area is 207 Å². The third-order valence-corrected chi connectivity index (χ3v) is 6.05. The third kappa shape index (κ3) is 4.59. The van der Waals surface area contributed by atoms with Crippen molar-refractivity contribution in [3.05, 3.63) is 65.9 Å². The monoisotopic (exact) mass is 484 g/mol. The van der Waals surface area contributed by atoms with Gasteiger partial charge in [0.05, 0.1) is 24.3 Å². The lowest BCUT2D eigenvalue weighted by molar-refractivity contribution is -0.191. The first-order valence-electron chi connectivity index (χ1n) is 11.2. The van der Waals surface area contributed by atoms with Crippen LogP contribution in [0, 0.1) is 22.7 Å². The zero-order chi connectivity index (χ0) is 25.3. The first-order valence-corrected chi connectivity index (χ1v) is 11.2. The molecule has 5 N–H and O–H groups in total. The number of nitrogens with zero attached hydrogens (tertiary/aromatic N) is 5.